The molecule has 100 valence electrons. The summed E-state index contributed by atoms with van der Waals surface area (Å²) in [5.41, 5.74) is 5.62. The number of nitrogens with zero attached hydrogens (tertiary/aromatic N) is 4. The van der Waals surface area contributed by atoms with Crippen LogP contribution >= 0.6 is 11.6 Å². The summed E-state index contributed by atoms with van der Waals surface area (Å²) >= 11 is 5.90. The Labute approximate surface area is 113 Å². The van der Waals surface area contributed by atoms with Gasteiger partial charge in [0.05, 0.1) is 0 Å². The normalized spacial score (nSPS) is 17.4. The molecule has 0 spiro atoms. The van der Waals surface area contributed by atoms with Crippen LogP contribution in [0.1, 0.15) is 12.8 Å². The highest BCUT2D eigenvalue weighted by Crippen LogP contribution is 2.24. The molecule has 1 aromatic rings. The van der Waals surface area contributed by atoms with Crippen molar-refractivity contribution in [1.29, 1.82) is 0 Å². The highest BCUT2D eigenvalue weighted by Gasteiger charge is 2.21. The first-order valence-corrected chi connectivity index (χ1v) is 6.62. The van der Waals surface area contributed by atoms with Crippen molar-refractivity contribution in [3.63, 3.8) is 0 Å². The van der Waals surface area contributed by atoms with Gasteiger partial charge in [-0.05, 0) is 32.9 Å². The van der Waals surface area contributed by atoms with Crippen LogP contribution in [0.5, 0.6) is 0 Å². The van der Waals surface area contributed by atoms with Crippen LogP contribution < -0.4 is 10.6 Å². The summed E-state index contributed by atoms with van der Waals surface area (Å²) < 4.78 is 0. The lowest BCUT2D eigenvalue weighted by Gasteiger charge is -2.33. The van der Waals surface area contributed by atoms with E-state index in [1.54, 1.807) is 6.07 Å². The molecular weight excluding hydrogens is 250 g/mol. The van der Waals surface area contributed by atoms with Gasteiger partial charge in [0.1, 0.15) is 11.0 Å². The molecule has 0 amide bonds. The van der Waals surface area contributed by atoms with E-state index in [2.05, 4.69) is 33.9 Å². The van der Waals surface area contributed by atoms with E-state index in [1.165, 1.54) is 12.8 Å². The van der Waals surface area contributed by atoms with Crippen molar-refractivity contribution in [3.8, 4) is 0 Å². The molecule has 0 radical (unpaired) electrons. The maximum atomic E-state index is 5.90. The van der Waals surface area contributed by atoms with Gasteiger partial charge in [-0.15, -0.1) is 0 Å². The van der Waals surface area contributed by atoms with Gasteiger partial charge in [0.15, 0.2) is 0 Å². The first-order valence-electron chi connectivity index (χ1n) is 6.24. The third-order valence-electron chi connectivity index (χ3n) is 3.26. The highest BCUT2D eigenvalue weighted by atomic mass is 35.5. The zero-order chi connectivity index (χ0) is 13.1. The van der Waals surface area contributed by atoms with Crippen LogP contribution in [-0.2, 0) is 0 Å². The van der Waals surface area contributed by atoms with Gasteiger partial charge in [-0.1, -0.05) is 11.6 Å². The third kappa shape index (κ3) is 3.46. The minimum Gasteiger partial charge on any atom is -0.368 e. The number of anilines is 2. The molecule has 2 heterocycles. The van der Waals surface area contributed by atoms with Gasteiger partial charge in [0.2, 0.25) is 5.95 Å². The summed E-state index contributed by atoms with van der Waals surface area (Å²) in [6.45, 7) is 3.16. The molecule has 0 bridgehead atoms. The second kappa shape index (κ2) is 5.71. The zero-order valence-corrected chi connectivity index (χ0v) is 11.7. The number of rotatable bonds is 3. The van der Waals surface area contributed by atoms with Crippen LogP contribution in [0.2, 0.25) is 5.15 Å². The average Bonchev–Trinajstić information content (AvgIpc) is 2.27. The maximum absolute atomic E-state index is 5.90. The summed E-state index contributed by atoms with van der Waals surface area (Å²) in [6.07, 6.45) is 2.36. The fourth-order valence-electron chi connectivity index (χ4n) is 2.45. The van der Waals surface area contributed by atoms with Crippen molar-refractivity contribution in [2.45, 2.75) is 12.8 Å². The lowest BCUT2D eigenvalue weighted by atomic mass is 9.96. The number of aromatic nitrogens is 2. The number of halogens is 1. The summed E-state index contributed by atoms with van der Waals surface area (Å²) in [7, 11) is 4.24. The smallest absolute Gasteiger partial charge is 0.223 e. The predicted octanol–water partition coefficient (Wildman–Crippen LogP) is 1.49. The van der Waals surface area contributed by atoms with E-state index >= 15 is 0 Å². The SMILES string of the molecule is CN(C)CC1CCN(c2cc(Cl)nc(N)n2)CC1. The van der Waals surface area contributed by atoms with E-state index in [9.17, 15) is 0 Å². The Morgan fingerprint density at radius 2 is 2.06 bits per heavy atom. The molecule has 1 aliphatic heterocycles. The van der Waals surface area contributed by atoms with Crippen molar-refractivity contribution >= 4 is 23.4 Å². The van der Waals surface area contributed by atoms with E-state index < -0.39 is 0 Å². The van der Waals surface area contributed by atoms with Crippen LogP contribution in [0.4, 0.5) is 11.8 Å². The lowest BCUT2D eigenvalue weighted by molar-refractivity contribution is 0.284. The molecule has 0 saturated carbocycles. The van der Waals surface area contributed by atoms with Crippen LogP contribution in [0, 0.1) is 5.92 Å². The standard InChI is InChI=1S/C12H20ClN5/c1-17(2)8-9-3-5-18(6-4-9)11-7-10(13)15-12(14)16-11/h7,9H,3-6,8H2,1-2H3,(H2,14,15,16). The molecule has 0 unspecified atom stereocenters. The second-order valence-electron chi connectivity index (χ2n) is 5.10. The van der Waals surface area contributed by atoms with E-state index in [0.717, 1.165) is 31.4 Å². The molecule has 2 rings (SSSR count). The van der Waals surface area contributed by atoms with Crippen LogP contribution in [0.15, 0.2) is 6.07 Å². The number of piperidine rings is 1. The predicted molar refractivity (Wildman–Crippen MR) is 74.9 cm³/mol. The summed E-state index contributed by atoms with van der Waals surface area (Å²) in [4.78, 5) is 12.6. The Kier molecular flexibility index (Phi) is 4.24. The van der Waals surface area contributed by atoms with Crippen molar-refractivity contribution in [2.24, 2.45) is 5.92 Å². The van der Waals surface area contributed by atoms with Crippen LogP contribution in [0.25, 0.3) is 0 Å². The Balaban J connectivity index is 1.96. The second-order valence-corrected chi connectivity index (χ2v) is 5.49. The largest absolute Gasteiger partial charge is 0.368 e. The van der Waals surface area contributed by atoms with Crippen molar-refractivity contribution in [2.75, 3.05) is 44.4 Å². The molecule has 0 atom stereocenters. The Hall–Kier alpha value is -1.07. The Morgan fingerprint density at radius 1 is 1.39 bits per heavy atom. The number of hydrogen-bond donors (Lipinski definition) is 1. The number of hydrogen-bond acceptors (Lipinski definition) is 5. The Bertz CT molecular complexity index is 381. The number of nitrogen functional groups attached to an aromatic ring is 1. The van der Waals surface area contributed by atoms with E-state index in [1.807, 2.05) is 0 Å². The molecule has 1 aliphatic rings. The van der Waals surface area contributed by atoms with Crippen molar-refractivity contribution in [3.05, 3.63) is 11.2 Å². The van der Waals surface area contributed by atoms with Crippen LogP contribution in [-0.4, -0.2) is 48.6 Å². The monoisotopic (exact) mass is 269 g/mol. The number of nitrogens with two attached hydrogens (primary N) is 1. The molecule has 0 aromatic carbocycles. The van der Waals surface area contributed by atoms with E-state index in [-0.39, 0.29) is 5.95 Å². The minimum atomic E-state index is 0.243. The summed E-state index contributed by atoms with van der Waals surface area (Å²) in [6, 6.07) is 1.78. The van der Waals surface area contributed by atoms with Gasteiger partial charge in [-0.2, -0.15) is 4.98 Å². The van der Waals surface area contributed by atoms with Gasteiger partial charge in [-0.25, -0.2) is 4.98 Å². The molecule has 1 fully saturated rings. The quantitative estimate of drug-likeness (QED) is 0.843. The van der Waals surface area contributed by atoms with Gasteiger partial charge in [0, 0.05) is 25.7 Å². The van der Waals surface area contributed by atoms with Gasteiger partial charge < -0.3 is 15.5 Å². The highest BCUT2D eigenvalue weighted by molar-refractivity contribution is 6.29. The molecular formula is C12H20ClN5. The zero-order valence-electron chi connectivity index (χ0n) is 10.9. The summed E-state index contributed by atoms with van der Waals surface area (Å²) in [5, 5.41) is 0.410. The molecule has 6 heteroatoms. The first kappa shape index (κ1) is 13.4. The fraction of sp³-hybridized carbons (Fsp3) is 0.667. The van der Waals surface area contributed by atoms with Gasteiger partial charge in [-0.3, -0.25) is 0 Å². The first-order chi connectivity index (χ1) is 8.54. The van der Waals surface area contributed by atoms with Gasteiger partial charge in [0.25, 0.3) is 0 Å². The minimum absolute atomic E-state index is 0.243. The fourth-order valence-corrected chi connectivity index (χ4v) is 2.63. The lowest BCUT2D eigenvalue weighted by Crippen LogP contribution is -2.37. The topological polar surface area (TPSA) is 58.3 Å². The molecule has 5 nitrogen and oxygen atoms in total. The van der Waals surface area contributed by atoms with E-state index in [4.69, 9.17) is 17.3 Å². The summed E-state index contributed by atoms with van der Waals surface area (Å²) in [5.74, 6) is 1.86. The average molecular weight is 270 g/mol. The third-order valence-corrected chi connectivity index (χ3v) is 3.45. The molecule has 1 aromatic heterocycles. The molecule has 2 N–H and O–H groups in total. The van der Waals surface area contributed by atoms with Crippen molar-refractivity contribution < 1.29 is 0 Å². The molecule has 1 saturated heterocycles. The van der Waals surface area contributed by atoms with Crippen molar-refractivity contribution in [1.82, 2.24) is 14.9 Å². The maximum Gasteiger partial charge on any atom is 0.223 e. The van der Waals surface area contributed by atoms with Gasteiger partial charge >= 0.3 is 0 Å². The Morgan fingerprint density at radius 3 is 2.61 bits per heavy atom. The van der Waals surface area contributed by atoms with E-state index in [0.29, 0.717) is 5.15 Å². The molecule has 0 aliphatic carbocycles. The van der Waals surface area contributed by atoms with Crippen LogP contribution in [0.3, 0.4) is 0 Å². The molecule has 18 heavy (non-hydrogen) atoms.